The van der Waals surface area contributed by atoms with Gasteiger partial charge in [-0.1, -0.05) is 24.3 Å². The van der Waals surface area contributed by atoms with Crippen LogP contribution in [0.4, 0.5) is 0 Å². The molecule has 0 saturated heterocycles. The number of methoxy groups -OCH3 is 1. The van der Waals surface area contributed by atoms with Crippen molar-refractivity contribution >= 4 is 23.5 Å². The molecular formula is C17H15NO3S. The number of dihydropyridines is 1. The van der Waals surface area contributed by atoms with Gasteiger partial charge in [-0.3, -0.25) is 4.99 Å². The van der Waals surface area contributed by atoms with Crippen molar-refractivity contribution < 1.29 is 14.3 Å². The first kappa shape index (κ1) is 14.5. The maximum atomic E-state index is 12.6. The summed E-state index contributed by atoms with van der Waals surface area (Å²) < 4.78 is 10.9. The molecule has 0 N–H and O–H groups in total. The summed E-state index contributed by atoms with van der Waals surface area (Å²) in [6.45, 7) is 0. The standard InChI is InChI=1S/C17H15NO3S/c1-20-13-9-10-18-16(14-8-5-11-22-14)15(13)17(19)21-12-6-3-2-4-7-12/h2-8,10-11,16H,9H2,1H3. The van der Waals surface area contributed by atoms with Crippen molar-refractivity contribution in [3.05, 3.63) is 64.1 Å². The number of rotatable bonds is 4. The summed E-state index contributed by atoms with van der Waals surface area (Å²) in [5, 5.41) is 1.96. The lowest BCUT2D eigenvalue weighted by atomic mass is 10.0. The molecule has 0 fully saturated rings. The zero-order chi connectivity index (χ0) is 15.4. The summed E-state index contributed by atoms with van der Waals surface area (Å²) >= 11 is 1.56. The summed E-state index contributed by atoms with van der Waals surface area (Å²) in [7, 11) is 1.57. The highest BCUT2D eigenvalue weighted by molar-refractivity contribution is 7.10. The van der Waals surface area contributed by atoms with Gasteiger partial charge in [0.25, 0.3) is 0 Å². The summed E-state index contributed by atoms with van der Waals surface area (Å²) in [6.07, 6.45) is 2.28. The molecule has 0 saturated carbocycles. The van der Waals surface area contributed by atoms with Crippen molar-refractivity contribution in [1.29, 1.82) is 0 Å². The Morgan fingerprint density at radius 1 is 1.23 bits per heavy atom. The minimum absolute atomic E-state index is 0.361. The molecule has 0 radical (unpaired) electrons. The lowest BCUT2D eigenvalue weighted by Crippen LogP contribution is -2.21. The third-order valence-electron chi connectivity index (χ3n) is 3.34. The fourth-order valence-corrected chi connectivity index (χ4v) is 3.09. The molecular weight excluding hydrogens is 298 g/mol. The molecule has 0 aliphatic carbocycles. The van der Waals surface area contributed by atoms with Gasteiger partial charge in [0, 0.05) is 17.5 Å². The van der Waals surface area contributed by atoms with Crippen LogP contribution in [0.15, 0.2) is 64.2 Å². The molecule has 22 heavy (non-hydrogen) atoms. The Kier molecular flexibility index (Phi) is 4.34. The van der Waals surface area contributed by atoms with E-state index in [0.717, 1.165) is 4.88 Å². The Morgan fingerprint density at radius 3 is 2.73 bits per heavy atom. The number of para-hydroxylation sites is 1. The van der Waals surface area contributed by atoms with Crippen molar-refractivity contribution in [1.82, 2.24) is 0 Å². The average molecular weight is 313 g/mol. The van der Waals surface area contributed by atoms with Crippen LogP contribution in [0.2, 0.25) is 0 Å². The van der Waals surface area contributed by atoms with Crippen LogP contribution in [0.5, 0.6) is 5.75 Å². The summed E-state index contributed by atoms with van der Waals surface area (Å²) in [5.41, 5.74) is 0.469. The number of allylic oxidation sites excluding steroid dienone is 1. The molecule has 5 heteroatoms. The Labute approximate surface area is 132 Å². The molecule has 1 unspecified atom stereocenters. The smallest absolute Gasteiger partial charge is 0.345 e. The van der Waals surface area contributed by atoms with Crippen molar-refractivity contribution in [2.45, 2.75) is 12.5 Å². The maximum absolute atomic E-state index is 12.6. The number of hydrogen-bond acceptors (Lipinski definition) is 5. The minimum Gasteiger partial charge on any atom is -0.500 e. The highest BCUT2D eigenvalue weighted by Gasteiger charge is 2.31. The Morgan fingerprint density at radius 2 is 2.05 bits per heavy atom. The quantitative estimate of drug-likeness (QED) is 0.637. The molecule has 0 bridgehead atoms. The molecule has 4 nitrogen and oxygen atoms in total. The number of ether oxygens (including phenoxy) is 2. The monoisotopic (exact) mass is 313 g/mol. The van der Waals surface area contributed by atoms with E-state index in [2.05, 4.69) is 4.99 Å². The van der Waals surface area contributed by atoms with E-state index in [9.17, 15) is 4.79 Å². The lowest BCUT2D eigenvalue weighted by molar-refractivity contribution is -0.130. The van der Waals surface area contributed by atoms with Crippen LogP contribution in [0.1, 0.15) is 17.3 Å². The number of thiophene rings is 1. The van der Waals surface area contributed by atoms with E-state index in [0.29, 0.717) is 23.5 Å². The van der Waals surface area contributed by atoms with E-state index >= 15 is 0 Å². The predicted octanol–water partition coefficient (Wildman–Crippen LogP) is 3.77. The van der Waals surface area contributed by atoms with Gasteiger partial charge in [-0.15, -0.1) is 11.3 Å². The third kappa shape index (κ3) is 2.94. The van der Waals surface area contributed by atoms with Crippen LogP contribution >= 0.6 is 11.3 Å². The van der Waals surface area contributed by atoms with Gasteiger partial charge in [-0.25, -0.2) is 4.79 Å². The van der Waals surface area contributed by atoms with Crippen LogP contribution in [0.25, 0.3) is 0 Å². The van der Waals surface area contributed by atoms with Crippen molar-refractivity contribution in [2.75, 3.05) is 7.11 Å². The molecule has 1 aromatic heterocycles. The van der Waals surface area contributed by atoms with Crippen LogP contribution in [0.3, 0.4) is 0 Å². The number of hydrogen-bond donors (Lipinski definition) is 0. The summed E-state index contributed by atoms with van der Waals surface area (Å²) in [4.78, 5) is 18.1. The predicted molar refractivity (Wildman–Crippen MR) is 86.3 cm³/mol. The van der Waals surface area contributed by atoms with Crippen LogP contribution in [-0.2, 0) is 9.53 Å². The fraction of sp³-hybridized carbons (Fsp3) is 0.176. The van der Waals surface area contributed by atoms with E-state index in [1.165, 1.54) is 0 Å². The second-order valence-corrected chi connectivity index (χ2v) is 5.68. The normalized spacial score (nSPS) is 17.4. The van der Waals surface area contributed by atoms with E-state index in [-0.39, 0.29) is 6.04 Å². The molecule has 0 amide bonds. The van der Waals surface area contributed by atoms with Crippen LogP contribution in [0, 0.1) is 0 Å². The molecule has 2 heterocycles. The van der Waals surface area contributed by atoms with Gasteiger partial charge in [-0.2, -0.15) is 0 Å². The zero-order valence-electron chi connectivity index (χ0n) is 12.1. The number of nitrogens with zero attached hydrogens (tertiary/aromatic N) is 1. The van der Waals surface area contributed by atoms with Crippen molar-refractivity contribution in [3.8, 4) is 5.75 Å². The van der Waals surface area contributed by atoms with E-state index in [1.807, 2.05) is 35.7 Å². The minimum atomic E-state index is -0.418. The SMILES string of the molecule is COC1=C(C(=O)Oc2ccccc2)C(c2cccs2)N=CC1. The Bertz CT molecular complexity index is 705. The van der Waals surface area contributed by atoms with Gasteiger partial charge in [-0.05, 0) is 23.6 Å². The molecule has 2 aromatic rings. The van der Waals surface area contributed by atoms with Gasteiger partial charge in [0.1, 0.15) is 23.1 Å². The number of esters is 1. The number of carbonyl (C=O) groups excluding carboxylic acids is 1. The topological polar surface area (TPSA) is 47.9 Å². The second kappa shape index (κ2) is 6.58. The highest BCUT2D eigenvalue weighted by Crippen LogP contribution is 2.35. The molecule has 112 valence electrons. The van der Waals surface area contributed by atoms with E-state index in [4.69, 9.17) is 9.47 Å². The molecule has 1 aliphatic heterocycles. The fourth-order valence-electron chi connectivity index (χ4n) is 2.31. The number of carbonyl (C=O) groups is 1. The summed E-state index contributed by atoms with van der Waals surface area (Å²) in [5.74, 6) is 0.697. The molecule has 1 atom stereocenters. The van der Waals surface area contributed by atoms with Gasteiger partial charge in [0.15, 0.2) is 0 Å². The van der Waals surface area contributed by atoms with E-state index < -0.39 is 5.97 Å². The zero-order valence-corrected chi connectivity index (χ0v) is 12.9. The lowest BCUT2D eigenvalue weighted by Gasteiger charge is -2.21. The van der Waals surface area contributed by atoms with Crippen molar-refractivity contribution in [2.24, 2.45) is 4.99 Å². The molecule has 1 aromatic carbocycles. The molecule has 0 spiro atoms. The first-order valence-corrected chi connectivity index (χ1v) is 7.77. The van der Waals surface area contributed by atoms with Crippen molar-refractivity contribution in [3.63, 3.8) is 0 Å². The van der Waals surface area contributed by atoms with Gasteiger partial charge < -0.3 is 9.47 Å². The molecule has 1 aliphatic rings. The van der Waals surface area contributed by atoms with Crippen LogP contribution < -0.4 is 4.74 Å². The second-order valence-electron chi connectivity index (χ2n) is 4.70. The van der Waals surface area contributed by atoms with Gasteiger partial charge in [0.2, 0.25) is 0 Å². The molecule has 3 rings (SSSR count). The van der Waals surface area contributed by atoms with Crippen LogP contribution in [-0.4, -0.2) is 19.3 Å². The first-order valence-electron chi connectivity index (χ1n) is 6.89. The van der Waals surface area contributed by atoms with Gasteiger partial charge >= 0.3 is 5.97 Å². The number of aliphatic imine (C=N–C) groups is 1. The number of benzene rings is 1. The Balaban J connectivity index is 1.92. The maximum Gasteiger partial charge on any atom is 0.345 e. The summed E-state index contributed by atoms with van der Waals surface area (Å²) in [6, 6.07) is 12.6. The third-order valence-corrected chi connectivity index (χ3v) is 4.26. The Hall–Kier alpha value is -2.40. The highest BCUT2D eigenvalue weighted by atomic mass is 32.1. The average Bonchev–Trinajstić information content (AvgIpc) is 3.09. The van der Waals surface area contributed by atoms with E-state index in [1.54, 1.807) is 36.8 Å². The van der Waals surface area contributed by atoms with Gasteiger partial charge in [0.05, 0.1) is 7.11 Å². The largest absolute Gasteiger partial charge is 0.500 e. The first-order chi connectivity index (χ1) is 10.8.